The highest BCUT2D eigenvalue weighted by atomic mass is 16.5. The van der Waals surface area contributed by atoms with Crippen LogP contribution in [0.1, 0.15) is 35.3 Å². The van der Waals surface area contributed by atoms with Gasteiger partial charge in [-0.1, -0.05) is 0 Å². The van der Waals surface area contributed by atoms with Crippen LogP contribution in [0.3, 0.4) is 0 Å². The quantitative estimate of drug-likeness (QED) is 0.469. The number of allylic oxidation sites excluding steroid dienone is 1. The summed E-state index contributed by atoms with van der Waals surface area (Å²) in [6.45, 7) is 6.98. The van der Waals surface area contributed by atoms with Crippen LogP contribution in [0.2, 0.25) is 0 Å². The summed E-state index contributed by atoms with van der Waals surface area (Å²) in [7, 11) is 0. The number of aryl methyl sites for hydroxylation is 1. The molecule has 0 saturated carbocycles. The van der Waals surface area contributed by atoms with E-state index in [0.29, 0.717) is 30.2 Å². The van der Waals surface area contributed by atoms with E-state index in [1.807, 2.05) is 32.9 Å². The van der Waals surface area contributed by atoms with Crippen LogP contribution in [0, 0.1) is 6.92 Å². The van der Waals surface area contributed by atoms with Gasteiger partial charge in [-0.05, 0) is 68.8 Å². The summed E-state index contributed by atoms with van der Waals surface area (Å²) < 4.78 is 11.3. The van der Waals surface area contributed by atoms with Gasteiger partial charge in [-0.25, -0.2) is 0 Å². The van der Waals surface area contributed by atoms with Crippen LogP contribution in [0.4, 0.5) is 5.69 Å². The van der Waals surface area contributed by atoms with E-state index in [0.717, 1.165) is 16.9 Å². The highest BCUT2D eigenvalue weighted by Crippen LogP contribution is 2.30. The lowest BCUT2D eigenvalue weighted by atomic mass is 10.1. The molecule has 4 nitrogen and oxygen atoms in total. The Morgan fingerprint density at radius 1 is 1.04 bits per heavy atom. The van der Waals surface area contributed by atoms with E-state index in [2.05, 4.69) is 0 Å². The molecule has 0 spiro atoms. The molecule has 0 aliphatic rings. The Morgan fingerprint density at radius 2 is 1.67 bits per heavy atom. The molecule has 0 aromatic heterocycles. The SMILES string of the molecule is CCOc1cc(OCC)c(C=CC(=O)c2ccc(N)cc2)cc1C. The molecule has 2 aromatic carbocycles. The number of carbonyl (C=O) groups is 1. The fourth-order valence-electron chi connectivity index (χ4n) is 2.32. The highest BCUT2D eigenvalue weighted by Gasteiger charge is 2.08. The first-order chi connectivity index (χ1) is 11.5. The predicted octanol–water partition coefficient (Wildman–Crippen LogP) is 4.27. The summed E-state index contributed by atoms with van der Waals surface area (Å²) in [5.41, 5.74) is 8.73. The molecule has 2 rings (SSSR count). The smallest absolute Gasteiger partial charge is 0.185 e. The number of ether oxygens (including phenoxy) is 2. The second-order valence-electron chi connectivity index (χ2n) is 5.34. The average molecular weight is 325 g/mol. The Morgan fingerprint density at radius 3 is 2.29 bits per heavy atom. The van der Waals surface area contributed by atoms with Crippen LogP contribution >= 0.6 is 0 Å². The van der Waals surface area contributed by atoms with Crippen LogP contribution in [0.25, 0.3) is 6.08 Å². The molecule has 2 aromatic rings. The van der Waals surface area contributed by atoms with Crippen molar-refractivity contribution in [3.8, 4) is 11.5 Å². The zero-order valence-electron chi connectivity index (χ0n) is 14.3. The molecule has 0 radical (unpaired) electrons. The van der Waals surface area contributed by atoms with Gasteiger partial charge in [0.15, 0.2) is 5.78 Å². The van der Waals surface area contributed by atoms with Gasteiger partial charge in [0.1, 0.15) is 11.5 Å². The number of ketones is 1. The fraction of sp³-hybridized carbons (Fsp3) is 0.250. The largest absolute Gasteiger partial charge is 0.493 e. The minimum absolute atomic E-state index is 0.0796. The molecular weight excluding hydrogens is 302 g/mol. The van der Waals surface area contributed by atoms with E-state index in [9.17, 15) is 4.79 Å². The average Bonchev–Trinajstić information content (AvgIpc) is 2.57. The van der Waals surface area contributed by atoms with Gasteiger partial charge in [0, 0.05) is 22.9 Å². The topological polar surface area (TPSA) is 61.5 Å². The fourth-order valence-corrected chi connectivity index (χ4v) is 2.32. The molecule has 0 aliphatic heterocycles. The molecule has 0 bridgehead atoms. The molecule has 2 N–H and O–H groups in total. The molecule has 24 heavy (non-hydrogen) atoms. The Kier molecular flexibility index (Phi) is 6.01. The van der Waals surface area contributed by atoms with Crippen LogP contribution in [0.15, 0.2) is 42.5 Å². The monoisotopic (exact) mass is 325 g/mol. The summed E-state index contributed by atoms with van der Waals surface area (Å²) >= 11 is 0. The molecule has 0 amide bonds. The van der Waals surface area contributed by atoms with E-state index in [1.54, 1.807) is 36.4 Å². The van der Waals surface area contributed by atoms with Crippen LogP contribution in [0.5, 0.6) is 11.5 Å². The number of hydrogen-bond donors (Lipinski definition) is 1. The third-order valence-electron chi connectivity index (χ3n) is 3.52. The van der Waals surface area contributed by atoms with Gasteiger partial charge in [-0.3, -0.25) is 4.79 Å². The third kappa shape index (κ3) is 4.38. The zero-order valence-corrected chi connectivity index (χ0v) is 14.3. The molecule has 0 saturated heterocycles. The van der Waals surface area contributed by atoms with Crippen molar-refractivity contribution in [2.75, 3.05) is 18.9 Å². The molecule has 0 fully saturated rings. The number of rotatable bonds is 7. The summed E-state index contributed by atoms with van der Waals surface area (Å²) in [5.74, 6) is 1.42. The maximum atomic E-state index is 12.3. The van der Waals surface area contributed by atoms with Crippen molar-refractivity contribution in [3.05, 3.63) is 59.2 Å². The molecule has 0 atom stereocenters. The first kappa shape index (κ1) is 17.6. The van der Waals surface area contributed by atoms with E-state index in [-0.39, 0.29) is 5.78 Å². The maximum absolute atomic E-state index is 12.3. The zero-order chi connectivity index (χ0) is 17.5. The lowest BCUT2D eigenvalue weighted by Gasteiger charge is -2.13. The van der Waals surface area contributed by atoms with Crippen molar-refractivity contribution in [2.24, 2.45) is 0 Å². The van der Waals surface area contributed by atoms with Crippen molar-refractivity contribution >= 4 is 17.5 Å². The van der Waals surface area contributed by atoms with Crippen molar-refractivity contribution in [1.29, 1.82) is 0 Å². The van der Waals surface area contributed by atoms with Gasteiger partial charge in [0.2, 0.25) is 0 Å². The molecule has 4 heteroatoms. The van der Waals surface area contributed by atoms with Crippen LogP contribution in [-0.2, 0) is 0 Å². The molecule has 0 aliphatic carbocycles. The van der Waals surface area contributed by atoms with Gasteiger partial charge >= 0.3 is 0 Å². The maximum Gasteiger partial charge on any atom is 0.185 e. The predicted molar refractivity (Wildman–Crippen MR) is 97.7 cm³/mol. The van der Waals surface area contributed by atoms with E-state index in [4.69, 9.17) is 15.2 Å². The van der Waals surface area contributed by atoms with Crippen LogP contribution in [-0.4, -0.2) is 19.0 Å². The summed E-state index contributed by atoms with van der Waals surface area (Å²) in [6, 6.07) is 10.7. The summed E-state index contributed by atoms with van der Waals surface area (Å²) in [5, 5.41) is 0. The number of anilines is 1. The molecular formula is C20H23NO3. The standard InChI is InChI=1S/C20H23NO3/c1-4-23-19-13-20(24-5-2)16(12-14(19)3)8-11-18(22)15-6-9-17(21)10-7-15/h6-13H,4-5,21H2,1-3H3. The Bertz CT molecular complexity index is 733. The Labute approximate surface area is 142 Å². The minimum atomic E-state index is -0.0796. The second kappa shape index (κ2) is 8.20. The summed E-state index contributed by atoms with van der Waals surface area (Å²) in [4.78, 5) is 12.3. The van der Waals surface area contributed by atoms with Crippen LogP contribution < -0.4 is 15.2 Å². The number of benzene rings is 2. The first-order valence-electron chi connectivity index (χ1n) is 8.03. The van der Waals surface area contributed by atoms with Crippen molar-refractivity contribution in [1.82, 2.24) is 0 Å². The lowest BCUT2D eigenvalue weighted by Crippen LogP contribution is -1.99. The minimum Gasteiger partial charge on any atom is -0.493 e. The first-order valence-corrected chi connectivity index (χ1v) is 8.03. The van der Waals surface area contributed by atoms with E-state index < -0.39 is 0 Å². The number of carbonyl (C=O) groups excluding carboxylic acids is 1. The van der Waals surface area contributed by atoms with Crippen molar-refractivity contribution in [2.45, 2.75) is 20.8 Å². The third-order valence-corrected chi connectivity index (χ3v) is 3.52. The van der Waals surface area contributed by atoms with Gasteiger partial charge < -0.3 is 15.2 Å². The number of hydrogen-bond acceptors (Lipinski definition) is 4. The Hall–Kier alpha value is -2.75. The van der Waals surface area contributed by atoms with Gasteiger partial charge in [0.05, 0.1) is 13.2 Å². The lowest BCUT2D eigenvalue weighted by molar-refractivity contribution is 0.104. The highest BCUT2D eigenvalue weighted by molar-refractivity contribution is 6.07. The van der Waals surface area contributed by atoms with Crippen molar-refractivity contribution < 1.29 is 14.3 Å². The Balaban J connectivity index is 2.28. The summed E-state index contributed by atoms with van der Waals surface area (Å²) in [6.07, 6.45) is 3.32. The molecule has 0 heterocycles. The van der Waals surface area contributed by atoms with Gasteiger partial charge in [-0.2, -0.15) is 0 Å². The molecule has 0 unspecified atom stereocenters. The van der Waals surface area contributed by atoms with Crippen molar-refractivity contribution in [3.63, 3.8) is 0 Å². The number of nitrogen functional groups attached to an aromatic ring is 1. The van der Waals surface area contributed by atoms with E-state index >= 15 is 0 Å². The molecule has 126 valence electrons. The van der Waals surface area contributed by atoms with E-state index in [1.165, 1.54) is 0 Å². The van der Waals surface area contributed by atoms with Gasteiger partial charge in [-0.15, -0.1) is 0 Å². The van der Waals surface area contributed by atoms with Gasteiger partial charge in [0.25, 0.3) is 0 Å². The normalized spacial score (nSPS) is 10.8. The second-order valence-corrected chi connectivity index (χ2v) is 5.34. The number of nitrogens with two attached hydrogens (primary N) is 1.